The second kappa shape index (κ2) is 7.64. The van der Waals surface area contributed by atoms with Crippen LogP contribution in [0.4, 0.5) is 5.00 Å². The van der Waals surface area contributed by atoms with E-state index in [1.54, 1.807) is 6.92 Å². The first-order valence-corrected chi connectivity index (χ1v) is 8.38. The van der Waals surface area contributed by atoms with Gasteiger partial charge in [-0.05, 0) is 24.8 Å². The number of hydrogen-bond acceptors (Lipinski definition) is 8. The highest BCUT2D eigenvalue weighted by molar-refractivity contribution is 7.18. The molecule has 0 aromatic carbocycles. The molecule has 9 heteroatoms. The molecule has 1 N–H and O–H groups in total. The van der Waals surface area contributed by atoms with E-state index in [-0.39, 0.29) is 27.3 Å². The SMILES string of the molecule is COC(=O)c1sc(NC(=O)COC(=O)[C@@H]2C[C@@H]2C)c(C(=O)OC)c1C. The molecule has 1 fully saturated rings. The van der Waals surface area contributed by atoms with Crippen molar-refractivity contribution in [3.8, 4) is 0 Å². The molecule has 0 spiro atoms. The van der Waals surface area contributed by atoms with Gasteiger partial charge in [0.15, 0.2) is 6.61 Å². The first-order chi connectivity index (χ1) is 11.8. The van der Waals surface area contributed by atoms with E-state index in [1.165, 1.54) is 14.2 Å². The number of carbonyl (C=O) groups excluding carboxylic acids is 4. The van der Waals surface area contributed by atoms with E-state index in [4.69, 9.17) is 9.47 Å². The molecule has 136 valence electrons. The van der Waals surface area contributed by atoms with Crippen LogP contribution in [0.2, 0.25) is 0 Å². The Kier molecular flexibility index (Phi) is 5.78. The van der Waals surface area contributed by atoms with Crippen LogP contribution in [0.3, 0.4) is 0 Å². The average Bonchev–Trinajstić information content (AvgIpc) is 3.24. The van der Waals surface area contributed by atoms with Gasteiger partial charge in [0, 0.05) is 0 Å². The molecule has 1 saturated carbocycles. The lowest BCUT2D eigenvalue weighted by atomic mass is 10.1. The van der Waals surface area contributed by atoms with E-state index in [0.29, 0.717) is 5.56 Å². The van der Waals surface area contributed by atoms with Crippen LogP contribution in [-0.2, 0) is 23.8 Å². The van der Waals surface area contributed by atoms with Gasteiger partial charge < -0.3 is 19.5 Å². The average molecular weight is 369 g/mol. The maximum absolute atomic E-state index is 12.0. The van der Waals surface area contributed by atoms with Gasteiger partial charge >= 0.3 is 17.9 Å². The Balaban J connectivity index is 2.11. The number of rotatable bonds is 6. The van der Waals surface area contributed by atoms with Crippen LogP contribution in [0, 0.1) is 18.8 Å². The molecule has 1 heterocycles. The fourth-order valence-electron chi connectivity index (χ4n) is 2.29. The predicted octanol–water partition coefficient (Wildman–Crippen LogP) is 1.77. The summed E-state index contributed by atoms with van der Waals surface area (Å²) in [5, 5.41) is 2.63. The van der Waals surface area contributed by atoms with Crippen LogP contribution < -0.4 is 5.32 Å². The van der Waals surface area contributed by atoms with Crippen molar-refractivity contribution in [3.63, 3.8) is 0 Å². The number of methoxy groups -OCH3 is 2. The van der Waals surface area contributed by atoms with E-state index in [1.807, 2.05) is 6.92 Å². The summed E-state index contributed by atoms with van der Waals surface area (Å²) in [6, 6.07) is 0. The lowest BCUT2D eigenvalue weighted by Crippen LogP contribution is -2.22. The first kappa shape index (κ1) is 18.9. The smallest absolute Gasteiger partial charge is 0.348 e. The van der Waals surface area contributed by atoms with Gasteiger partial charge in [-0.15, -0.1) is 11.3 Å². The molecule has 0 radical (unpaired) electrons. The first-order valence-electron chi connectivity index (χ1n) is 7.56. The minimum absolute atomic E-state index is 0.0726. The molecule has 25 heavy (non-hydrogen) atoms. The minimum atomic E-state index is -0.692. The van der Waals surface area contributed by atoms with Crippen molar-refractivity contribution in [3.05, 3.63) is 16.0 Å². The van der Waals surface area contributed by atoms with Crippen molar-refractivity contribution in [2.75, 3.05) is 26.1 Å². The van der Waals surface area contributed by atoms with Crippen LogP contribution >= 0.6 is 11.3 Å². The molecule has 0 saturated heterocycles. The largest absolute Gasteiger partial charge is 0.465 e. The van der Waals surface area contributed by atoms with E-state index in [0.717, 1.165) is 17.8 Å². The number of amides is 1. The van der Waals surface area contributed by atoms with E-state index in [9.17, 15) is 19.2 Å². The highest BCUT2D eigenvalue weighted by atomic mass is 32.1. The third kappa shape index (κ3) is 4.16. The monoisotopic (exact) mass is 369 g/mol. The van der Waals surface area contributed by atoms with E-state index < -0.39 is 30.4 Å². The summed E-state index contributed by atoms with van der Waals surface area (Å²) in [4.78, 5) is 47.6. The van der Waals surface area contributed by atoms with Gasteiger partial charge in [0.1, 0.15) is 9.88 Å². The van der Waals surface area contributed by atoms with Gasteiger partial charge in [-0.2, -0.15) is 0 Å². The maximum Gasteiger partial charge on any atom is 0.348 e. The lowest BCUT2D eigenvalue weighted by Gasteiger charge is -2.07. The van der Waals surface area contributed by atoms with Gasteiger partial charge in [0.05, 0.1) is 25.7 Å². The summed E-state index contributed by atoms with van der Waals surface area (Å²) in [6.45, 7) is 3.02. The van der Waals surface area contributed by atoms with Crippen molar-refractivity contribution in [2.24, 2.45) is 11.8 Å². The number of carbonyl (C=O) groups is 4. The summed E-state index contributed by atoms with van der Waals surface area (Å²) >= 11 is 0.896. The Labute approximate surface area is 148 Å². The number of ether oxygens (including phenoxy) is 3. The summed E-state index contributed by atoms with van der Waals surface area (Å²) in [6.07, 6.45) is 0.763. The van der Waals surface area contributed by atoms with Crippen LogP contribution in [0.25, 0.3) is 0 Å². The highest BCUT2D eigenvalue weighted by Crippen LogP contribution is 2.38. The Hall–Kier alpha value is -2.42. The highest BCUT2D eigenvalue weighted by Gasteiger charge is 2.40. The van der Waals surface area contributed by atoms with Gasteiger partial charge in [0.2, 0.25) is 0 Å². The molecule has 1 aromatic heterocycles. The zero-order valence-electron chi connectivity index (χ0n) is 14.3. The van der Waals surface area contributed by atoms with E-state index in [2.05, 4.69) is 10.1 Å². The summed E-state index contributed by atoms with van der Waals surface area (Å²) < 4.78 is 14.3. The molecule has 1 aliphatic carbocycles. The number of hydrogen-bond donors (Lipinski definition) is 1. The lowest BCUT2D eigenvalue weighted by molar-refractivity contribution is -0.148. The van der Waals surface area contributed by atoms with Crippen LogP contribution in [-0.4, -0.2) is 44.6 Å². The van der Waals surface area contributed by atoms with Crippen LogP contribution in [0.5, 0.6) is 0 Å². The third-order valence-electron chi connectivity index (χ3n) is 3.92. The molecule has 0 unspecified atom stereocenters. The summed E-state index contributed by atoms with van der Waals surface area (Å²) in [5.41, 5.74) is 0.422. The van der Waals surface area contributed by atoms with Crippen molar-refractivity contribution in [2.45, 2.75) is 20.3 Å². The van der Waals surface area contributed by atoms with Crippen molar-refractivity contribution in [1.29, 1.82) is 0 Å². The summed E-state index contributed by atoms with van der Waals surface area (Å²) in [5.74, 6) is -2.19. The Bertz CT molecular complexity index is 724. The molecule has 2 rings (SSSR count). The zero-order chi connectivity index (χ0) is 18.7. The number of esters is 3. The fraction of sp³-hybridized carbons (Fsp3) is 0.500. The molecule has 0 aliphatic heterocycles. The molecular formula is C16H19NO7S. The second-order valence-electron chi connectivity index (χ2n) is 5.72. The second-order valence-corrected chi connectivity index (χ2v) is 6.74. The standard InChI is InChI=1S/C16H19NO7S/c1-7-5-9(7)14(19)24-6-10(18)17-13-11(15(20)22-3)8(2)12(25-13)16(21)23-4/h7,9H,5-6H2,1-4H3,(H,17,18)/t7-,9+/m0/s1. The van der Waals surface area contributed by atoms with Gasteiger partial charge in [-0.3, -0.25) is 9.59 Å². The van der Waals surface area contributed by atoms with Crippen LogP contribution in [0.1, 0.15) is 38.9 Å². The Morgan fingerprint density at radius 3 is 2.28 bits per heavy atom. The van der Waals surface area contributed by atoms with Gasteiger partial charge in [-0.1, -0.05) is 6.92 Å². The number of thiophene rings is 1. The Morgan fingerprint density at radius 2 is 1.76 bits per heavy atom. The molecule has 0 bridgehead atoms. The van der Waals surface area contributed by atoms with Crippen molar-refractivity contribution in [1.82, 2.24) is 0 Å². The zero-order valence-corrected chi connectivity index (χ0v) is 15.2. The Morgan fingerprint density at radius 1 is 1.16 bits per heavy atom. The van der Waals surface area contributed by atoms with Gasteiger partial charge in [0.25, 0.3) is 5.91 Å². The molecule has 8 nitrogen and oxygen atoms in total. The minimum Gasteiger partial charge on any atom is -0.465 e. The molecular weight excluding hydrogens is 350 g/mol. The van der Waals surface area contributed by atoms with Gasteiger partial charge in [-0.25, -0.2) is 9.59 Å². The fourth-order valence-corrected chi connectivity index (χ4v) is 3.42. The topological polar surface area (TPSA) is 108 Å². The van der Waals surface area contributed by atoms with E-state index >= 15 is 0 Å². The summed E-state index contributed by atoms with van der Waals surface area (Å²) in [7, 11) is 2.41. The molecule has 1 aliphatic rings. The number of nitrogens with one attached hydrogen (secondary N) is 1. The molecule has 1 amide bonds. The van der Waals surface area contributed by atoms with Crippen molar-refractivity contribution < 1.29 is 33.4 Å². The molecule has 1 aromatic rings. The maximum atomic E-state index is 12.0. The number of anilines is 1. The normalized spacial score (nSPS) is 18.2. The van der Waals surface area contributed by atoms with Crippen LogP contribution in [0.15, 0.2) is 0 Å². The van der Waals surface area contributed by atoms with Crippen molar-refractivity contribution >= 4 is 40.2 Å². The molecule has 2 atom stereocenters. The quantitative estimate of drug-likeness (QED) is 0.601. The predicted molar refractivity (Wildman–Crippen MR) is 88.6 cm³/mol. The third-order valence-corrected chi connectivity index (χ3v) is 5.11.